The number of hydrogen-bond donors (Lipinski definition) is 3. The molecule has 6 fully saturated rings. The first-order valence-electron chi connectivity index (χ1n) is 13.0. The van der Waals surface area contributed by atoms with Gasteiger partial charge in [0.15, 0.2) is 0 Å². The van der Waals surface area contributed by atoms with Crippen LogP contribution in [-0.2, 0) is 9.53 Å². The van der Waals surface area contributed by atoms with Gasteiger partial charge in [0.2, 0.25) is 0 Å². The zero-order chi connectivity index (χ0) is 23.9. The molecule has 0 aromatic rings. The first kappa shape index (κ1) is 23.1. The summed E-state index contributed by atoms with van der Waals surface area (Å²) in [6.07, 6.45) is 5.74. The minimum atomic E-state index is -0.504. The summed E-state index contributed by atoms with van der Waals surface area (Å²) in [6, 6.07) is -0.0978. The smallest absolute Gasteiger partial charge is 0.335 e. The van der Waals surface area contributed by atoms with Gasteiger partial charge in [0.1, 0.15) is 6.61 Å². The van der Waals surface area contributed by atoms with E-state index in [1.807, 2.05) is 6.08 Å². The topological polar surface area (TPSA) is 88.5 Å². The van der Waals surface area contributed by atoms with Crippen LogP contribution in [0.5, 0.6) is 0 Å². The molecule has 7 aliphatic rings. The third-order valence-corrected chi connectivity index (χ3v) is 10.4. The Morgan fingerprint density at radius 2 is 1.97 bits per heavy atom. The van der Waals surface area contributed by atoms with Gasteiger partial charge < -0.3 is 20.3 Å². The highest BCUT2D eigenvalue weighted by Gasteiger charge is 2.59. The van der Waals surface area contributed by atoms with Crippen LogP contribution in [0.15, 0.2) is 23.8 Å². The van der Waals surface area contributed by atoms with Gasteiger partial charge in [0.05, 0.1) is 37.2 Å². The summed E-state index contributed by atoms with van der Waals surface area (Å²) < 4.78 is 5.36. The second-order valence-corrected chi connectivity index (χ2v) is 12.4. The van der Waals surface area contributed by atoms with Crippen molar-refractivity contribution in [2.75, 3.05) is 46.2 Å². The van der Waals surface area contributed by atoms with E-state index in [0.29, 0.717) is 13.0 Å². The zero-order valence-corrected chi connectivity index (χ0v) is 20.6. The van der Waals surface area contributed by atoms with Crippen molar-refractivity contribution >= 4 is 5.97 Å². The van der Waals surface area contributed by atoms with E-state index in [2.05, 4.69) is 40.7 Å². The lowest BCUT2D eigenvalue weighted by atomic mass is 9.46. The first-order chi connectivity index (χ1) is 16.2. The fraction of sp³-hybridized carbons (Fsp3) is 0.808. The number of ether oxygens (including phenoxy) is 1. The highest BCUT2D eigenvalue weighted by Crippen LogP contribution is 2.62. The molecule has 8 unspecified atom stereocenters. The van der Waals surface area contributed by atoms with Crippen LogP contribution in [0.25, 0.3) is 0 Å². The number of rotatable bonds is 6. The predicted molar refractivity (Wildman–Crippen MR) is 127 cm³/mol. The molecular weight excluding hydrogens is 432 g/mol. The Morgan fingerprint density at radius 1 is 1.24 bits per heavy atom. The van der Waals surface area contributed by atoms with E-state index in [-0.39, 0.29) is 41.4 Å². The average molecular weight is 473 g/mol. The Labute approximate surface area is 202 Å². The minimum absolute atomic E-state index is 0.00259. The molecule has 0 amide bonds. The lowest BCUT2D eigenvalue weighted by Crippen LogP contribution is -2.65. The zero-order valence-electron chi connectivity index (χ0n) is 20.6. The molecule has 4 bridgehead atoms. The number of cyclic esters (lactones) is 1. The Bertz CT molecular complexity index is 903. The van der Waals surface area contributed by atoms with Crippen LogP contribution in [0.3, 0.4) is 0 Å². The number of fused-ring (bicyclic) bond motifs is 1. The fourth-order valence-corrected chi connectivity index (χ4v) is 8.66. The van der Waals surface area contributed by atoms with Crippen LogP contribution in [0.1, 0.15) is 46.0 Å². The Hall–Kier alpha value is -1.29. The van der Waals surface area contributed by atoms with Crippen molar-refractivity contribution in [3.63, 3.8) is 0 Å². The Balaban J connectivity index is 1.31. The van der Waals surface area contributed by atoms with E-state index < -0.39 is 11.5 Å². The van der Waals surface area contributed by atoms with Crippen molar-refractivity contribution in [1.29, 1.82) is 0 Å². The molecule has 0 aromatic carbocycles. The minimum Gasteiger partial charge on any atom is -0.458 e. The molecule has 0 radical (unpaired) electrons. The highest BCUT2D eigenvalue weighted by atomic mass is 16.5. The molecule has 188 valence electrons. The highest BCUT2D eigenvalue weighted by molar-refractivity contribution is 5.91. The lowest BCUT2D eigenvalue weighted by molar-refractivity contribution is -0.153. The van der Waals surface area contributed by atoms with Gasteiger partial charge in [-0.2, -0.15) is 0 Å². The van der Waals surface area contributed by atoms with Crippen LogP contribution < -0.4 is 5.32 Å². The molecule has 8 atom stereocenters. The van der Waals surface area contributed by atoms with Crippen LogP contribution in [0, 0.1) is 22.7 Å². The number of carbonyl (C=O) groups is 1. The Morgan fingerprint density at radius 3 is 2.59 bits per heavy atom. The summed E-state index contributed by atoms with van der Waals surface area (Å²) in [5.41, 5.74) is 1.38. The van der Waals surface area contributed by atoms with Crippen molar-refractivity contribution in [2.45, 2.75) is 63.6 Å². The number of aliphatic hydroxyl groups excluding tert-OH is 2. The molecule has 0 aromatic heterocycles. The van der Waals surface area contributed by atoms with Gasteiger partial charge in [-0.15, -0.1) is 0 Å². The van der Waals surface area contributed by atoms with E-state index in [4.69, 9.17) is 4.74 Å². The molecule has 2 saturated carbocycles. The molecule has 5 aliphatic heterocycles. The number of esters is 1. The van der Waals surface area contributed by atoms with Crippen molar-refractivity contribution in [1.82, 2.24) is 20.2 Å². The van der Waals surface area contributed by atoms with Gasteiger partial charge in [-0.3, -0.25) is 4.90 Å². The van der Waals surface area contributed by atoms with Crippen LogP contribution >= 0.6 is 0 Å². The number of nitrogens with one attached hydrogen (secondary N) is 1. The summed E-state index contributed by atoms with van der Waals surface area (Å²) in [5, 5.41) is 30.0. The SMILES string of the molecule is C=C1CCC2C(C)(CO)C(O)CCC2(C)C1CC(NC12CN3CN(C1)N(C3)C2)C1=CCOC1=O. The van der Waals surface area contributed by atoms with E-state index >= 15 is 0 Å². The molecule has 8 nitrogen and oxygen atoms in total. The van der Waals surface area contributed by atoms with Gasteiger partial charge in [-0.25, -0.2) is 14.8 Å². The third-order valence-electron chi connectivity index (χ3n) is 10.4. The van der Waals surface area contributed by atoms with Gasteiger partial charge in [0, 0.05) is 31.1 Å². The maximum atomic E-state index is 12.8. The monoisotopic (exact) mass is 472 g/mol. The summed E-state index contributed by atoms with van der Waals surface area (Å²) in [7, 11) is 0. The van der Waals surface area contributed by atoms with Crippen molar-refractivity contribution < 1.29 is 19.7 Å². The quantitative estimate of drug-likeness (QED) is 0.391. The Kier molecular flexibility index (Phi) is 5.34. The van der Waals surface area contributed by atoms with Crippen LogP contribution in [0.4, 0.5) is 0 Å². The summed E-state index contributed by atoms with van der Waals surface area (Å²) in [5.74, 6) is 0.228. The summed E-state index contributed by atoms with van der Waals surface area (Å²) in [4.78, 5) is 15.2. The number of nitrogens with zero attached hydrogens (tertiary/aromatic N) is 3. The standard InChI is InChI=1S/C26H40N4O4/c1-17-4-5-21-24(2,8-6-22(32)25(21,3)14-31)19(17)10-20(18-7-9-34-23(18)33)27-26-11-28-15-29(12-26)30(13-26)16-28/h7,19-22,27,31-32H,1,4-6,8-16H2,2-3H3. The number of carbonyl (C=O) groups excluding carboxylic acids is 1. The molecule has 3 N–H and O–H groups in total. The molecular formula is C26H40N4O4. The summed E-state index contributed by atoms with van der Waals surface area (Å²) in [6.45, 7) is 14.2. The largest absolute Gasteiger partial charge is 0.458 e. The number of aliphatic hydroxyl groups is 2. The molecule has 7 rings (SSSR count). The number of hydrazine groups is 1. The van der Waals surface area contributed by atoms with Gasteiger partial charge in [-0.1, -0.05) is 26.0 Å². The van der Waals surface area contributed by atoms with Gasteiger partial charge in [-0.05, 0) is 55.4 Å². The van der Waals surface area contributed by atoms with E-state index in [1.165, 1.54) is 5.57 Å². The molecule has 0 spiro atoms. The lowest BCUT2D eigenvalue weighted by Gasteiger charge is -2.60. The van der Waals surface area contributed by atoms with Crippen molar-refractivity contribution in [3.8, 4) is 0 Å². The molecule has 5 heterocycles. The molecule has 2 aliphatic carbocycles. The molecule has 8 heteroatoms. The average Bonchev–Trinajstić information content (AvgIpc) is 3.42. The van der Waals surface area contributed by atoms with E-state index in [1.54, 1.807) is 0 Å². The first-order valence-corrected chi connectivity index (χ1v) is 13.0. The maximum absolute atomic E-state index is 12.8. The molecule has 34 heavy (non-hydrogen) atoms. The second-order valence-electron chi connectivity index (χ2n) is 12.4. The molecule has 4 saturated heterocycles. The normalized spacial score (nSPS) is 50.3. The number of allylic oxidation sites excluding steroid dienone is 1. The maximum Gasteiger partial charge on any atom is 0.335 e. The van der Waals surface area contributed by atoms with Gasteiger partial charge in [0.25, 0.3) is 0 Å². The van der Waals surface area contributed by atoms with E-state index in [9.17, 15) is 15.0 Å². The van der Waals surface area contributed by atoms with Crippen molar-refractivity contribution in [2.24, 2.45) is 22.7 Å². The third kappa shape index (κ3) is 3.29. The summed E-state index contributed by atoms with van der Waals surface area (Å²) >= 11 is 0. The van der Waals surface area contributed by atoms with E-state index in [0.717, 1.165) is 64.2 Å². The van der Waals surface area contributed by atoms with Crippen LogP contribution in [0.2, 0.25) is 0 Å². The van der Waals surface area contributed by atoms with Gasteiger partial charge >= 0.3 is 5.97 Å². The number of hydrogen-bond acceptors (Lipinski definition) is 8. The second kappa shape index (κ2) is 7.85. The predicted octanol–water partition coefficient (Wildman–Crippen LogP) is 1.08. The van der Waals surface area contributed by atoms with Crippen LogP contribution in [-0.4, -0.2) is 95.0 Å². The van der Waals surface area contributed by atoms with Crippen molar-refractivity contribution in [3.05, 3.63) is 23.8 Å². The fourth-order valence-electron chi connectivity index (χ4n) is 8.66.